The number of carbonyl (C=O) groups is 3. The van der Waals surface area contributed by atoms with Crippen LogP contribution in [-0.2, 0) is 22.2 Å². The maximum absolute atomic E-state index is 13.6. The van der Waals surface area contributed by atoms with E-state index < -0.39 is 41.0 Å². The quantitative estimate of drug-likeness (QED) is 0.655. The van der Waals surface area contributed by atoms with Crippen molar-refractivity contribution in [3.8, 4) is 5.75 Å². The van der Waals surface area contributed by atoms with Crippen LogP contribution in [0.5, 0.6) is 5.75 Å². The minimum Gasteiger partial charge on any atom is -0.495 e. The van der Waals surface area contributed by atoms with E-state index in [4.69, 9.17) is 4.74 Å². The molecule has 2 fully saturated rings. The molecule has 0 unspecified atom stereocenters. The van der Waals surface area contributed by atoms with Gasteiger partial charge in [-0.2, -0.15) is 13.2 Å². The second-order valence-electron chi connectivity index (χ2n) is 8.94. The Bertz CT molecular complexity index is 1230. The highest BCUT2D eigenvalue weighted by Crippen LogP contribution is 2.47. The SMILES string of the molecule is COc1ccccc1N1CCN2c3ccc(C(F)(F)F)cc3C[C@]3(C(=O)NC(=O)N(C)C3=O)[C@@H]2C1. The zero-order chi connectivity index (χ0) is 25.1. The molecular weight excluding hydrogens is 465 g/mol. The number of anilines is 2. The zero-order valence-electron chi connectivity index (χ0n) is 19.1. The molecule has 2 saturated heterocycles. The van der Waals surface area contributed by atoms with Crippen LogP contribution >= 0.6 is 0 Å². The number of imide groups is 2. The number of amides is 4. The summed E-state index contributed by atoms with van der Waals surface area (Å²) in [7, 11) is 2.81. The number of hydrogen-bond donors (Lipinski definition) is 1. The van der Waals surface area contributed by atoms with Crippen molar-refractivity contribution in [3.63, 3.8) is 0 Å². The van der Waals surface area contributed by atoms with Gasteiger partial charge in [0.05, 0.1) is 24.4 Å². The number of alkyl halides is 3. The highest BCUT2D eigenvalue weighted by Gasteiger charge is 2.62. The van der Waals surface area contributed by atoms with E-state index in [0.29, 0.717) is 24.5 Å². The number of nitrogens with zero attached hydrogens (tertiary/aromatic N) is 3. The van der Waals surface area contributed by atoms with E-state index in [2.05, 4.69) is 5.32 Å². The fourth-order valence-corrected chi connectivity index (χ4v) is 5.44. The van der Waals surface area contributed by atoms with Crippen LogP contribution < -0.4 is 19.9 Å². The van der Waals surface area contributed by atoms with E-state index in [9.17, 15) is 27.6 Å². The Hall–Kier alpha value is -3.76. The summed E-state index contributed by atoms with van der Waals surface area (Å²) in [6, 6.07) is 9.17. The number of piperazine rings is 1. The Morgan fingerprint density at radius 2 is 1.80 bits per heavy atom. The summed E-state index contributed by atoms with van der Waals surface area (Å²) < 4.78 is 45.9. The highest BCUT2D eigenvalue weighted by atomic mass is 19.4. The summed E-state index contributed by atoms with van der Waals surface area (Å²) in [6.07, 6.45) is -4.83. The summed E-state index contributed by atoms with van der Waals surface area (Å²) in [6.45, 7) is 1.06. The molecule has 1 N–H and O–H groups in total. The van der Waals surface area contributed by atoms with E-state index in [1.807, 2.05) is 28.0 Å². The molecule has 8 nitrogen and oxygen atoms in total. The van der Waals surface area contributed by atoms with Crippen LogP contribution in [0.2, 0.25) is 0 Å². The summed E-state index contributed by atoms with van der Waals surface area (Å²) in [5.74, 6) is -0.913. The van der Waals surface area contributed by atoms with Crippen LogP contribution in [0, 0.1) is 5.41 Å². The van der Waals surface area contributed by atoms with E-state index >= 15 is 0 Å². The fraction of sp³-hybridized carbons (Fsp3) is 0.375. The van der Waals surface area contributed by atoms with Gasteiger partial charge < -0.3 is 14.5 Å². The summed E-state index contributed by atoms with van der Waals surface area (Å²) in [5, 5.41) is 2.24. The molecule has 0 radical (unpaired) electrons. The van der Waals surface area contributed by atoms with Crippen molar-refractivity contribution in [2.75, 3.05) is 43.6 Å². The minimum absolute atomic E-state index is 0.224. The first-order valence-corrected chi connectivity index (χ1v) is 11.1. The van der Waals surface area contributed by atoms with E-state index in [-0.39, 0.29) is 18.5 Å². The predicted molar refractivity (Wildman–Crippen MR) is 120 cm³/mol. The first-order valence-electron chi connectivity index (χ1n) is 11.1. The van der Waals surface area contributed by atoms with Gasteiger partial charge >= 0.3 is 12.2 Å². The predicted octanol–water partition coefficient (Wildman–Crippen LogP) is 2.66. The maximum atomic E-state index is 13.6. The van der Waals surface area contributed by atoms with Crippen LogP contribution in [0.4, 0.5) is 29.3 Å². The molecule has 2 atom stereocenters. The lowest BCUT2D eigenvalue weighted by Gasteiger charge is -2.55. The first kappa shape index (κ1) is 23.0. The summed E-state index contributed by atoms with van der Waals surface area (Å²) in [4.78, 5) is 43.8. The molecule has 0 bridgehead atoms. The monoisotopic (exact) mass is 488 g/mol. The Balaban J connectivity index is 1.64. The maximum Gasteiger partial charge on any atom is 0.416 e. The summed E-state index contributed by atoms with van der Waals surface area (Å²) in [5.41, 5.74) is -1.07. The average Bonchev–Trinajstić information content (AvgIpc) is 2.85. The number of barbiturate groups is 1. The lowest BCUT2D eigenvalue weighted by Crippen LogP contribution is -2.74. The number of halogens is 3. The molecule has 0 aliphatic carbocycles. The smallest absolute Gasteiger partial charge is 0.416 e. The van der Waals surface area contributed by atoms with Crippen molar-refractivity contribution < 1.29 is 32.3 Å². The largest absolute Gasteiger partial charge is 0.495 e. The summed E-state index contributed by atoms with van der Waals surface area (Å²) >= 11 is 0. The number of hydrogen-bond acceptors (Lipinski definition) is 6. The molecule has 0 saturated carbocycles. The van der Waals surface area contributed by atoms with Crippen molar-refractivity contribution in [1.29, 1.82) is 0 Å². The zero-order valence-corrected chi connectivity index (χ0v) is 19.1. The number of methoxy groups -OCH3 is 1. The molecule has 4 amide bonds. The van der Waals surface area contributed by atoms with Crippen LogP contribution in [0.1, 0.15) is 11.1 Å². The van der Waals surface area contributed by atoms with Gasteiger partial charge in [-0.25, -0.2) is 4.79 Å². The molecule has 11 heteroatoms. The minimum atomic E-state index is -4.58. The van der Waals surface area contributed by atoms with Crippen molar-refractivity contribution in [1.82, 2.24) is 10.2 Å². The molecule has 0 aromatic heterocycles. The van der Waals surface area contributed by atoms with E-state index in [1.54, 1.807) is 13.2 Å². The molecule has 3 aliphatic heterocycles. The highest BCUT2D eigenvalue weighted by molar-refractivity contribution is 6.20. The van der Waals surface area contributed by atoms with Gasteiger partial charge in [0, 0.05) is 32.4 Å². The van der Waals surface area contributed by atoms with Crippen LogP contribution in [0.15, 0.2) is 42.5 Å². The van der Waals surface area contributed by atoms with Gasteiger partial charge in [-0.3, -0.25) is 19.8 Å². The number of rotatable bonds is 2. The first-order chi connectivity index (χ1) is 16.6. The van der Waals surface area contributed by atoms with E-state index in [1.165, 1.54) is 13.1 Å². The molecule has 3 aliphatic rings. The van der Waals surface area contributed by atoms with Crippen LogP contribution in [-0.4, -0.2) is 62.6 Å². The van der Waals surface area contributed by atoms with E-state index in [0.717, 1.165) is 22.7 Å². The van der Waals surface area contributed by atoms with Crippen molar-refractivity contribution in [3.05, 3.63) is 53.6 Å². The number of ether oxygens (including phenoxy) is 1. The topological polar surface area (TPSA) is 82.2 Å². The molecule has 2 aromatic rings. The van der Waals surface area contributed by atoms with Gasteiger partial charge in [0.15, 0.2) is 5.41 Å². The van der Waals surface area contributed by atoms with Gasteiger partial charge in [0.2, 0.25) is 11.8 Å². The third kappa shape index (κ3) is 3.40. The number of fused-ring (bicyclic) bond motifs is 4. The lowest BCUT2D eigenvalue weighted by atomic mass is 9.67. The number of carbonyl (C=O) groups excluding carboxylic acids is 3. The van der Waals surface area contributed by atoms with Crippen molar-refractivity contribution in [2.45, 2.75) is 18.6 Å². The van der Waals surface area contributed by atoms with Gasteiger partial charge in [-0.05, 0) is 42.3 Å². The molecule has 35 heavy (non-hydrogen) atoms. The molecule has 184 valence electrons. The van der Waals surface area contributed by atoms with Gasteiger partial charge in [0.25, 0.3) is 0 Å². The number of urea groups is 1. The standard InChI is InChI=1S/C24H23F3N4O4/c1-29-21(33)23(20(32)28-22(29)34)12-14-11-15(24(25,26)27)7-8-16(14)31-10-9-30(13-19(23)31)17-5-3-4-6-18(17)35-2/h3-8,11,19H,9-10,12-13H2,1-2H3,(H,28,32,34)/t19-,23+/m0/s1. The van der Waals surface area contributed by atoms with Crippen molar-refractivity contribution in [2.24, 2.45) is 5.41 Å². The van der Waals surface area contributed by atoms with Gasteiger partial charge in [0.1, 0.15) is 5.75 Å². The molecule has 5 rings (SSSR count). The normalized spacial score (nSPS) is 24.3. The number of nitrogens with one attached hydrogen (secondary N) is 1. The fourth-order valence-electron chi connectivity index (χ4n) is 5.44. The Morgan fingerprint density at radius 3 is 2.51 bits per heavy atom. The molecule has 1 spiro atoms. The van der Waals surface area contributed by atoms with Crippen molar-refractivity contribution >= 4 is 29.2 Å². The third-order valence-corrected chi connectivity index (χ3v) is 7.18. The average molecular weight is 488 g/mol. The Kier molecular flexibility index (Phi) is 5.19. The lowest BCUT2D eigenvalue weighted by molar-refractivity contribution is -0.152. The third-order valence-electron chi connectivity index (χ3n) is 7.18. The van der Waals surface area contributed by atoms with Crippen LogP contribution in [0.3, 0.4) is 0 Å². The second kappa shape index (κ2) is 7.89. The van der Waals surface area contributed by atoms with Gasteiger partial charge in [-0.1, -0.05) is 12.1 Å². The van der Waals surface area contributed by atoms with Crippen LogP contribution in [0.25, 0.3) is 0 Å². The van der Waals surface area contributed by atoms with Gasteiger partial charge in [-0.15, -0.1) is 0 Å². The number of para-hydroxylation sites is 2. The Morgan fingerprint density at radius 1 is 1.06 bits per heavy atom. The molecule has 3 heterocycles. The second-order valence-corrected chi connectivity index (χ2v) is 8.94. The molecule has 2 aromatic carbocycles. The molecular formula is C24H23F3N4O4. The number of benzene rings is 2. The Labute approximate surface area is 199 Å².